The number of carbonyl (C=O) groups excluding carboxylic acids is 2. The second kappa shape index (κ2) is 7.54. The number of amides is 2. The van der Waals surface area contributed by atoms with Crippen LogP contribution in [0.2, 0.25) is 0 Å². The second-order valence-electron chi connectivity index (χ2n) is 7.74. The number of carbonyl (C=O) groups is 2. The van der Waals surface area contributed by atoms with Gasteiger partial charge in [0, 0.05) is 18.0 Å². The number of aromatic nitrogens is 1. The summed E-state index contributed by atoms with van der Waals surface area (Å²) in [6, 6.07) is 7.86. The van der Waals surface area contributed by atoms with E-state index in [1.807, 2.05) is 31.2 Å². The molecular weight excluding hydrogens is 362 g/mol. The number of benzene rings is 1. The fourth-order valence-corrected chi connectivity index (χ4v) is 5.00. The van der Waals surface area contributed by atoms with Crippen LogP contribution in [0, 0.1) is 17.8 Å². The van der Waals surface area contributed by atoms with E-state index >= 15 is 0 Å². The lowest BCUT2D eigenvalue weighted by Gasteiger charge is -2.45. The highest BCUT2D eigenvalue weighted by Gasteiger charge is 2.42. The van der Waals surface area contributed by atoms with Crippen molar-refractivity contribution in [2.45, 2.75) is 50.4 Å². The van der Waals surface area contributed by atoms with Crippen molar-refractivity contribution in [2.24, 2.45) is 17.8 Å². The molecule has 5 unspecified atom stereocenters. The quantitative estimate of drug-likeness (QED) is 0.788. The van der Waals surface area contributed by atoms with Gasteiger partial charge in [-0.15, -0.1) is 0 Å². The van der Waals surface area contributed by atoms with Gasteiger partial charge in [-0.1, -0.05) is 37.7 Å². The molecule has 6 nitrogen and oxygen atoms in total. The Bertz CT molecular complexity index is 819. The molecule has 0 spiro atoms. The molecule has 2 aromatic rings. The highest BCUT2D eigenvalue weighted by atomic mass is 32.2. The summed E-state index contributed by atoms with van der Waals surface area (Å²) in [6.45, 7) is 4.18. The third-order valence-electron chi connectivity index (χ3n) is 6.08. The van der Waals surface area contributed by atoms with Gasteiger partial charge in [0.1, 0.15) is 5.52 Å². The van der Waals surface area contributed by atoms with Crippen molar-refractivity contribution in [3.8, 4) is 0 Å². The van der Waals surface area contributed by atoms with E-state index in [0.717, 1.165) is 30.4 Å². The molecule has 2 aliphatic rings. The molecule has 2 amide bonds. The minimum Gasteiger partial charge on any atom is -0.431 e. The molecule has 1 aliphatic carbocycles. The average molecular weight is 388 g/mol. The van der Waals surface area contributed by atoms with Gasteiger partial charge in [-0.3, -0.25) is 9.59 Å². The first-order valence-corrected chi connectivity index (χ1v) is 10.6. The van der Waals surface area contributed by atoms with Gasteiger partial charge in [-0.25, -0.2) is 4.98 Å². The summed E-state index contributed by atoms with van der Waals surface area (Å²) in [5, 5.41) is 6.78. The summed E-state index contributed by atoms with van der Waals surface area (Å²) in [5.41, 5.74) is 1.53. The van der Waals surface area contributed by atoms with Crippen LogP contribution in [0.3, 0.4) is 0 Å². The van der Waals surface area contributed by atoms with Crippen molar-refractivity contribution >= 4 is 34.7 Å². The standard InChI is InChI=1S/C20H25N3O3S/c1-11-12(2)19(25)22-16-9-13(7-8-14(11)16)21-18(24)10-27-20-23-15-5-3-4-6-17(15)26-20/h3-6,11-14,16H,7-10H2,1-2H3,(H,21,24)(H,22,25). The molecule has 0 radical (unpaired) electrons. The molecule has 0 bridgehead atoms. The van der Waals surface area contributed by atoms with Gasteiger partial charge in [0.15, 0.2) is 5.58 Å². The zero-order valence-electron chi connectivity index (χ0n) is 15.6. The molecule has 144 valence electrons. The molecule has 2 fully saturated rings. The van der Waals surface area contributed by atoms with Gasteiger partial charge < -0.3 is 15.1 Å². The highest BCUT2D eigenvalue weighted by Crippen LogP contribution is 2.37. The Hall–Kier alpha value is -2.02. The van der Waals surface area contributed by atoms with Gasteiger partial charge in [-0.05, 0) is 43.2 Å². The number of nitrogens with one attached hydrogen (secondary N) is 2. The molecule has 1 aromatic carbocycles. The van der Waals surface area contributed by atoms with E-state index in [0.29, 0.717) is 17.1 Å². The fourth-order valence-electron chi connectivity index (χ4n) is 4.35. The maximum Gasteiger partial charge on any atom is 0.257 e. The second-order valence-corrected chi connectivity index (χ2v) is 8.67. The number of rotatable bonds is 4. The molecule has 1 saturated carbocycles. The SMILES string of the molecule is CC1C(=O)NC2CC(NC(=O)CSc3nc4ccccc4o3)CCC2C1C. The molecule has 5 atom stereocenters. The van der Waals surface area contributed by atoms with Crippen LogP contribution in [0.1, 0.15) is 33.1 Å². The topological polar surface area (TPSA) is 84.2 Å². The highest BCUT2D eigenvalue weighted by molar-refractivity contribution is 7.99. The summed E-state index contributed by atoms with van der Waals surface area (Å²) in [4.78, 5) is 28.8. The molecule has 27 heavy (non-hydrogen) atoms. The van der Waals surface area contributed by atoms with E-state index in [2.05, 4.69) is 22.5 Å². The number of thioether (sulfide) groups is 1. The molecular formula is C20H25N3O3S. The van der Waals surface area contributed by atoms with Crippen LogP contribution in [0.15, 0.2) is 33.9 Å². The Morgan fingerprint density at radius 3 is 2.96 bits per heavy atom. The van der Waals surface area contributed by atoms with E-state index in [9.17, 15) is 9.59 Å². The normalized spacial score (nSPS) is 30.6. The predicted octanol–water partition coefficient (Wildman–Crippen LogP) is 2.98. The Morgan fingerprint density at radius 1 is 1.33 bits per heavy atom. The first kappa shape index (κ1) is 18.3. The molecule has 4 rings (SSSR count). The largest absolute Gasteiger partial charge is 0.431 e. The van der Waals surface area contributed by atoms with Gasteiger partial charge in [-0.2, -0.15) is 0 Å². The van der Waals surface area contributed by atoms with Gasteiger partial charge in [0.2, 0.25) is 11.8 Å². The maximum atomic E-state index is 12.4. The van der Waals surface area contributed by atoms with E-state index in [4.69, 9.17) is 4.42 Å². The molecule has 1 aliphatic heterocycles. The molecule has 1 aromatic heterocycles. The van der Waals surface area contributed by atoms with E-state index in [1.54, 1.807) is 0 Å². The lowest BCUT2D eigenvalue weighted by atomic mass is 9.68. The number of oxazole rings is 1. The van der Waals surface area contributed by atoms with Gasteiger partial charge in [0.25, 0.3) is 5.22 Å². The van der Waals surface area contributed by atoms with Crippen molar-refractivity contribution in [3.05, 3.63) is 24.3 Å². The van der Waals surface area contributed by atoms with Gasteiger partial charge in [0.05, 0.1) is 5.75 Å². The average Bonchev–Trinajstić information content (AvgIpc) is 3.07. The molecule has 2 heterocycles. The lowest BCUT2D eigenvalue weighted by Crippen LogP contribution is -2.57. The smallest absolute Gasteiger partial charge is 0.257 e. The monoisotopic (exact) mass is 387 g/mol. The maximum absolute atomic E-state index is 12.4. The van der Waals surface area contributed by atoms with Crippen LogP contribution in [0.4, 0.5) is 0 Å². The first-order chi connectivity index (χ1) is 13.0. The minimum absolute atomic E-state index is 0.0192. The van der Waals surface area contributed by atoms with Crippen molar-refractivity contribution < 1.29 is 14.0 Å². The van der Waals surface area contributed by atoms with Gasteiger partial charge >= 0.3 is 0 Å². The number of hydrogen-bond acceptors (Lipinski definition) is 5. The molecule has 1 saturated heterocycles. The third-order valence-corrected chi connectivity index (χ3v) is 6.90. The Morgan fingerprint density at radius 2 is 2.15 bits per heavy atom. The van der Waals surface area contributed by atoms with E-state index in [-0.39, 0.29) is 35.6 Å². The van der Waals surface area contributed by atoms with Crippen LogP contribution < -0.4 is 10.6 Å². The zero-order chi connectivity index (χ0) is 19.0. The number of fused-ring (bicyclic) bond motifs is 2. The number of nitrogens with zero attached hydrogens (tertiary/aromatic N) is 1. The Kier molecular flexibility index (Phi) is 5.12. The summed E-state index contributed by atoms with van der Waals surface area (Å²) >= 11 is 1.31. The number of para-hydroxylation sites is 2. The minimum atomic E-state index is -0.0192. The summed E-state index contributed by atoms with van der Waals surface area (Å²) < 4.78 is 5.64. The van der Waals surface area contributed by atoms with Crippen molar-refractivity contribution in [1.82, 2.24) is 15.6 Å². The van der Waals surface area contributed by atoms with Crippen LogP contribution in [-0.2, 0) is 9.59 Å². The molecule has 2 N–H and O–H groups in total. The Labute approximate surface area is 162 Å². The third kappa shape index (κ3) is 3.83. The number of hydrogen-bond donors (Lipinski definition) is 2. The number of piperidine rings is 1. The van der Waals surface area contributed by atoms with Crippen LogP contribution in [0.25, 0.3) is 11.1 Å². The zero-order valence-corrected chi connectivity index (χ0v) is 16.4. The van der Waals surface area contributed by atoms with Crippen LogP contribution in [-0.4, -0.2) is 34.6 Å². The lowest BCUT2D eigenvalue weighted by molar-refractivity contribution is -0.132. The summed E-state index contributed by atoms with van der Waals surface area (Å²) in [5.74, 6) is 1.38. The first-order valence-electron chi connectivity index (χ1n) is 9.59. The summed E-state index contributed by atoms with van der Waals surface area (Å²) in [6.07, 6.45) is 2.82. The van der Waals surface area contributed by atoms with E-state index < -0.39 is 0 Å². The predicted molar refractivity (Wildman–Crippen MR) is 104 cm³/mol. The van der Waals surface area contributed by atoms with Crippen molar-refractivity contribution in [1.29, 1.82) is 0 Å². The van der Waals surface area contributed by atoms with E-state index in [1.165, 1.54) is 11.8 Å². The Balaban J connectivity index is 1.29. The van der Waals surface area contributed by atoms with Crippen LogP contribution in [0.5, 0.6) is 0 Å². The van der Waals surface area contributed by atoms with Crippen molar-refractivity contribution in [2.75, 3.05) is 5.75 Å². The van der Waals surface area contributed by atoms with Crippen molar-refractivity contribution in [3.63, 3.8) is 0 Å². The van der Waals surface area contributed by atoms with Crippen LogP contribution >= 0.6 is 11.8 Å². The summed E-state index contributed by atoms with van der Waals surface area (Å²) in [7, 11) is 0. The fraction of sp³-hybridized carbons (Fsp3) is 0.550. The molecule has 7 heteroatoms.